The van der Waals surface area contributed by atoms with E-state index < -0.39 is 11.7 Å². The zero-order valence-corrected chi connectivity index (χ0v) is 10.8. The Labute approximate surface area is 119 Å². The van der Waals surface area contributed by atoms with Gasteiger partial charge in [0.2, 0.25) is 0 Å². The van der Waals surface area contributed by atoms with Crippen molar-refractivity contribution in [3.63, 3.8) is 0 Å². The molecule has 4 nitrogen and oxygen atoms in total. The van der Waals surface area contributed by atoms with E-state index in [2.05, 4.69) is 10.3 Å². The molecule has 1 aromatic heterocycles. The Hall–Kier alpha value is -2.75. The smallest absolute Gasteiger partial charge is 0.397 e. The minimum atomic E-state index is -4.43. The maximum Gasteiger partial charge on any atom is 0.416 e. The normalized spacial score (nSPS) is 11.0. The highest BCUT2D eigenvalue weighted by atomic mass is 19.4. The van der Waals surface area contributed by atoms with E-state index >= 15 is 0 Å². The predicted molar refractivity (Wildman–Crippen MR) is 72.1 cm³/mol. The molecule has 108 valence electrons. The highest BCUT2D eigenvalue weighted by Crippen LogP contribution is 2.32. The number of nitrogens with two attached hydrogens (primary N) is 1. The van der Waals surface area contributed by atoms with Gasteiger partial charge < -0.3 is 11.1 Å². The molecule has 0 aliphatic heterocycles. The van der Waals surface area contributed by atoms with Gasteiger partial charge in [-0.05, 0) is 17.7 Å². The Kier molecular flexibility index (Phi) is 3.98. The van der Waals surface area contributed by atoms with E-state index in [4.69, 9.17) is 11.0 Å². The number of anilines is 2. The van der Waals surface area contributed by atoms with Crippen molar-refractivity contribution in [1.82, 2.24) is 4.98 Å². The van der Waals surface area contributed by atoms with Crippen LogP contribution in [-0.2, 0) is 12.7 Å². The average molecular weight is 292 g/mol. The fourth-order valence-electron chi connectivity index (χ4n) is 1.84. The first-order chi connectivity index (χ1) is 9.91. The van der Waals surface area contributed by atoms with Crippen molar-refractivity contribution in [2.45, 2.75) is 12.7 Å². The van der Waals surface area contributed by atoms with E-state index in [1.54, 1.807) is 0 Å². The zero-order chi connectivity index (χ0) is 15.5. The van der Waals surface area contributed by atoms with Gasteiger partial charge in [0.05, 0.1) is 23.0 Å². The number of hydrogen-bond donors (Lipinski definition) is 2. The third-order valence-electron chi connectivity index (χ3n) is 2.80. The van der Waals surface area contributed by atoms with Gasteiger partial charge in [-0.25, -0.2) is 4.98 Å². The minimum Gasteiger partial charge on any atom is -0.397 e. The summed E-state index contributed by atoms with van der Waals surface area (Å²) in [5.41, 5.74) is 5.35. The van der Waals surface area contributed by atoms with Crippen molar-refractivity contribution in [2.24, 2.45) is 0 Å². The molecular weight excluding hydrogens is 281 g/mol. The molecule has 1 aromatic carbocycles. The molecule has 1 heterocycles. The van der Waals surface area contributed by atoms with Crippen LogP contribution in [0.2, 0.25) is 0 Å². The number of nitriles is 1. The van der Waals surface area contributed by atoms with Crippen LogP contribution in [0, 0.1) is 11.3 Å². The summed E-state index contributed by atoms with van der Waals surface area (Å²) in [6.45, 7) is -0.0960. The summed E-state index contributed by atoms with van der Waals surface area (Å²) in [6, 6.07) is 8.53. The summed E-state index contributed by atoms with van der Waals surface area (Å²) >= 11 is 0. The number of nitrogens with zero attached hydrogens (tertiary/aromatic N) is 2. The molecular formula is C14H11F3N4. The van der Waals surface area contributed by atoms with Gasteiger partial charge in [-0.2, -0.15) is 18.4 Å². The molecule has 0 amide bonds. The molecule has 21 heavy (non-hydrogen) atoms. The number of nitrogens with one attached hydrogen (secondary N) is 1. The number of aromatic nitrogens is 1. The van der Waals surface area contributed by atoms with Gasteiger partial charge in [-0.3, -0.25) is 0 Å². The number of alkyl halides is 3. The monoisotopic (exact) mass is 292 g/mol. The fourth-order valence-corrected chi connectivity index (χ4v) is 1.84. The molecule has 0 aliphatic carbocycles. The van der Waals surface area contributed by atoms with Gasteiger partial charge >= 0.3 is 6.18 Å². The number of rotatable bonds is 3. The molecule has 2 rings (SSSR count). The summed E-state index contributed by atoms with van der Waals surface area (Å²) in [5.74, 6) is 0.198. The summed E-state index contributed by atoms with van der Waals surface area (Å²) < 4.78 is 38.6. The molecule has 2 aromatic rings. The van der Waals surface area contributed by atoms with Gasteiger partial charge in [0.25, 0.3) is 0 Å². The molecule has 7 heteroatoms. The van der Waals surface area contributed by atoms with Crippen LogP contribution in [0.3, 0.4) is 0 Å². The van der Waals surface area contributed by atoms with Gasteiger partial charge in [0, 0.05) is 6.54 Å². The average Bonchev–Trinajstić information content (AvgIpc) is 2.45. The molecule has 0 unspecified atom stereocenters. The molecule has 0 bridgehead atoms. The van der Waals surface area contributed by atoms with Crippen LogP contribution in [0.25, 0.3) is 0 Å². The lowest BCUT2D eigenvalue weighted by Crippen LogP contribution is -2.12. The zero-order valence-electron chi connectivity index (χ0n) is 10.8. The third kappa shape index (κ3) is 3.42. The molecule has 0 fully saturated rings. The molecule has 0 radical (unpaired) electrons. The van der Waals surface area contributed by atoms with E-state index in [1.165, 1.54) is 30.5 Å². The molecule has 3 N–H and O–H groups in total. The Balaban J connectivity index is 2.24. The lowest BCUT2D eigenvalue weighted by molar-refractivity contribution is -0.138. The molecule has 0 atom stereocenters. The molecule has 0 aliphatic rings. The second kappa shape index (κ2) is 5.71. The van der Waals surface area contributed by atoms with E-state index in [-0.39, 0.29) is 23.5 Å². The lowest BCUT2D eigenvalue weighted by Gasteiger charge is -2.14. The largest absolute Gasteiger partial charge is 0.416 e. The summed E-state index contributed by atoms with van der Waals surface area (Å²) in [5, 5.41) is 11.7. The van der Waals surface area contributed by atoms with Gasteiger partial charge in [0.1, 0.15) is 11.9 Å². The summed E-state index contributed by atoms with van der Waals surface area (Å²) in [4.78, 5) is 3.92. The fraction of sp³-hybridized carbons (Fsp3) is 0.143. The number of benzene rings is 1. The van der Waals surface area contributed by atoms with Crippen LogP contribution in [0.5, 0.6) is 0 Å². The van der Waals surface area contributed by atoms with E-state index in [1.807, 2.05) is 6.07 Å². The maximum atomic E-state index is 12.9. The van der Waals surface area contributed by atoms with Crippen molar-refractivity contribution in [3.05, 3.63) is 53.2 Å². The molecule has 0 spiro atoms. The highest BCUT2D eigenvalue weighted by molar-refractivity contribution is 5.57. The van der Waals surface area contributed by atoms with Crippen molar-refractivity contribution in [1.29, 1.82) is 5.26 Å². The van der Waals surface area contributed by atoms with Crippen LogP contribution in [0.15, 0.2) is 36.5 Å². The van der Waals surface area contributed by atoms with Crippen molar-refractivity contribution < 1.29 is 13.2 Å². The van der Waals surface area contributed by atoms with Gasteiger partial charge in [-0.15, -0.1) is 0 Å². The Bertz CT molecular complexity index is 689. The second-order valence-electron chi connectivity index (χ2n) is 4.29. The van der Waals surface area contributed by atoms with Gasteiger partial charge in [-0.1, -0.05) is 18.2 Å². The lowest BCUT2D eigenvalue weighted by atomic mass is 10.1. The Morgan fingerprint density at radius 2 is 2.00 bits per heavy atom. The van der Waals surface area contributed by atoms with Gasteiger partial charge in [0.15, 0.2) is 0 Å². The Morgan fingerprint density at radius 3 is 2.67 bits per heavy atom. The SMILES string of the molecule is N#Cc1cc(N)cnc1NCc1ccccc1C(F)(F)F. The van der Waals surface area contributed by atoms with E-state index in [0.29, 0.717) is 5.69 Å². The second-order valence-corrected chi connectivity index (χ2v) is 4.29. The Morgan fingerprint density at radius 1 is 1.29 bits per heavy atom. The standard InChI is InChI=1S/C14H11F3N4/c15-14(16,17)12-4-2-1-3-9(12)7-20-13-10(6-18)5-11(19)8-21-13/h1-5,8H,7,19H2,(H,20,21). The highest BCUT2D eigenvalue weighted by Gasteiger charge is 2.32. The number of halogens is 3. The minimum absolute atomic E-state index is 0.0764. The third-order valence-corrected chi connectivity index (χ3v) is 2.80. The van der Waals surface area contributed by atoms with E-state index in [0.717, 1.165) is 6.07 Å². The summed E-state index contributed by atoms with van der Waals surface area (Å²) in [7, 11) is 0. The first kappa shape index (κ1) is 14.7. The van der Waals surface area contributed by atoms with Crippen LogP contribution >= 0.6 is 0 Å². The predicted octanol–water partition coefficient (Wildman–Crippen LogP) is 3.17. The maximum absolute atomic E-state index is 12.9. The van der Waals surface area contributed by atoms with Crippen LogP contribution in [0.1, 0.15) is 16.7 Å². The first-order valence-electron chi connectivity index (χ1n) is 5.96. The number of hydrogen-bond acceptors (Lipinski definition) is 4. The number of nitrogen functional groups attached to an aromatic ring is 1. The van der Waals surface area contributed by atoms with Crippen molar-refractivity contribution in [3.8, 4) is 6.07 Å². The van der Waals surface area contributed by atoms with Crippen molar-refractivity contribution in [2.75, 3.05) is 11.1 Å². The number of pyridine rings is 1. The van der Waals surface area contributed by atoms with Crippen LogP contribution < -0.4 is 11.1 Å². The molecule has 0 saturated carbocycles. The quantitative estimate of drug-likeness (QED) is 0.911. The summed E-state index contributed by atoms with van der Waals surface area (Å²) in [6.07, 6.45) is -3.09. The topological polar surface area (TPSA) is 74.7 Å². The van der Waals surface area contributed by atoms with Crippen molar-refractivity contribution >= 4 is 11.5 Å². The van der Waals surface area contributed by atoms with Crippen LogP contribution in [0.4, 0.5) is 24.7 Å². The van der Waals surface area contributed by atoms with Crippen LogP contribution in [-0.4, -0.2) is 4.98 Å². The van der Waals surface area contributed by atoms with E-state index in [9.17, 15) is 13.2 Å². The first-order valence-corrected chi connectivity index (χ1v) is 5.96. The molecule has 0 saturated heterocycles.